The lowest BCUT2D eigenvalue weighted by atomic mass is 10.2. The monoisotopic (exact) mass is 368 g/mol. The summed E-state index contributed by atoms with van der Waals surface area (Å²) in [5.74, 6) is 0.555. The number of methoxy groups -OCH3 is 1. The number of aromatic nitrogens is 2. The summed E-state index contributed by atoms with van der Waals surface area (Å²) < 4.78 is 5.12. The molecule has 0 fully saturated rings. The molecule has 0 bridgehead atoms. The molecule has 0 radical (unpaired) electrons. The largest absolute Gasteiger partial charge is 0.495 e. The quantitative estimate of drug-likeness (QED) is 0.696. The zero-order chi connectivity index (χ0) is 18.5. The third-order valence-corrected chi connectivity index (χ3v) is 3.90. The van der Waals surface area contributed by atoms with Crippen LogP contribution in [-0.4, -0.2) is 23.0 Å². The molecule has 132 valence electrons. The predicted octanol–water partition coefficient (Wildman–Crippen LogP) is 4.44. The second-order valence-corrected chi connectivity index (χ2v) is 5.97. The summed E-state index contributed by atoms with van der Waals surface area (Å²) in [4.78, 5) is 20.8. The number of aryl methyl sites for hydroxylation is 1. The summed E-state index contributed by atoms with van der Waals surface area (Å²) in [6.07, 6.45) is 1.52. The van der Waals surface area contributed by atoms with Crippen LogP contribution in [0, 0.1) is 6.92 Å². The normalized spacial score (nSPS) is 10.3. The molecule has 1 heterocycles. The lowest BCUT2D eigenvalue weighted by Crippen LogP contribution is -2.14. The van der Waals surface area contributed by atoms with Crippen molar-refractivity contribution in [3.05, 3.63) is 71.0 Å². The van der Waals surface area contributed by atoms with Crippen LogP contribution in [0.1, 0.15) is 16.1 Å². The Morgan fingerprint density at radius 3 is 2.50 bits per heavy atom. The summed E-state index contributed by atoms with van der Waals surface area (Å²) in [7, 11) is 1.55. The highest BCUT2D eigenvalue weighted by Crippen LogP contribution is 2.28. The van der Waals surface area contributed by atoms with Crippen LogP contribution in [-0.2, 0) is 0 Å². The average molecular weight is 369 g/mol. The molecule has 1 amide bonds. The van der Waals surface area contributed by atoms with Gasteiger partial charge in [-0.25, -0.2) is 9.97 Å². The smallest absolute Gasteiger partial charge is 0.274 e. The van der Waals surface area contributed by atoms with E-state index < -0.39 is 0 Å². The minimum absolute atomic E-state index is 0.252. The van der Waals surface area contributed by atoms with E-state index in [-0.39, 0.29) is 11.6 Å². The second-order valence-electron chi connectivity index (χ2n) is 5.56. The molecule has 6 nitrogen and oxygen atoms in total. The fourth-order valence-electron chi connectivity index (χ4n) is 2.25. The first-order chi connectivity index (χ1) is 12.5. The number of halogens is 1. The first kappa shape index (κ1) is 17.7. The highest BCUT2D eigenvalue weighted by molar-refractivity contribution is 6.32. The Labute approximate surface area is 156 Å². The minimum Gasteiger partial charge on any atom is -0.495 e. The number of hydrogen-bond donors (Lipinski definition) is 2. The number of carbonyl (C=O) groups excluding carboxylic acids is 1. The van der Waals surface area contributed by atoms with Crippen molar-refractivity contribution in [1.82, 2.24) is 9.97 Å². The molecule has 0 spiro atoms. The third-order valence-electron chi connectivity index (χ3n) is 3.61. The van der Waals surface area contributed by atoms with Crippen LogP contribution < -0.4 is 15.4 Å². The Hall–Kier alpha value is -3.12. The molecule has 3 aromatic rings. The highest BCUT2D eigenvalue weighted by Gasteiger charge is 2.10. The van der Waals surface area contributed by atoms with Gasteiger partial charge >= 0.3 is 0 Å². The van der Waals surface area contributed by atoms with Crippen LogP contribution in [0.2, 0.25) is 5.02 Å². The minimum atomic E-state index is -0.313. The van der Waals surface area contributed by atoms with E-state index in [1.54, 1.807) is 31.4 Å². The molecule has 0 saturated carbocycles. The first-order valence-corrected chi connectivity index (χ1v) is 8.24. The van der Waals surface area contributed by atoms with Gasteiger partial charge in [0.05, 0.1) is 12.1 Å². The number of amides is 1. The van der Waals surface area contributed by atoms with Crippen molar-refractivity contribution in [1.29, 1.82) is 0 Å². The van der Waals surface area contributed by atoms with Gasteiger partial charge in [0.1, 0.15) is 11.4 Å². The van der Waals surface area contributed by atoms with Gasteiger partial charge in [-0.3, -0.25) is 4.79 Å². The summed E-state index contributed by atoms with van der Waals surface area (Å²) in [5, 5.41) is 6.29. The molecule has 0 aliphatic carbocycles. The fourth-order valence-corrected chi connectivity index (χ4v) is 2.51. The summed E-state index contributed by atoms with van der Waals surface area (Å²) in [6, 6.07) is 14.3. The van der Waals surface area contributed by atoms with Crippen molar-refractivity contribution >= 4 is 34.8 Å². The Balaban J connectivity index is 1.74. The van der Waals surface area contributed by atoms with Crippen LogP contribution in [0.25, 0.3) is 0 Å². The van der Waals surface area contributed by atoms with E-state index in [9.17, 15) is 4.79 Å². The molecule has 7 heteroatoms. The molecule has 2 N–H and O–H groups in total. The Morgan fingerprint density at radius 2 is 1.81 bits per heavy atom. The number of ether oxygens (including phenoxy) is 1. The molecule has 1 aromatic heterocycles. The number of nitrogens with zero attached hydrogens (tertiary/aromatic N) is 2. The van der Waals surface area contributed by atoms with E-state index in [4.69, 9.17) is 16.3 Å². The molecule has 0 atom stereocenters. The molecule has 0 aliphatic rings. The van der Waals surface area contributed by atoms with Gasteiger partial charge in [-0.1, -0.05) is 29.3 Å². The van der Waals surface area contributed by atoms with Crippen molar-refractivity contribution in [3.63, 3.8) is 0 Å². The average Bonchev–Trinajstić information content (AvgIpc) is 2.64. The van der Waals surface area contributed by atoms with Gasteiger partial charge in [-0.15, -0.1) is 0 Å². The molecule has 0 aliphatic heterocycles. The van der Waals surface area contributed by atoms with Crippen LogP contribution >= 0.6 is 11.6 Å². The Morgan fingerprint density at radius 1 is 1.08 bits per heavy atom. The fraction of sp³-hybridized carbons (Fsp3) is 0.105. The topological polar surface area (TPSA) is 76.1 Å². The maximum atomic E-state index is 12.4. The van der Waals surface area contributed by atoms with Crippen molar-refractivity contribution in [2.75, 3.05) is 17.7 Å². The second kappa shape index (κ2) is 7.84. The standard InChI is InChI=1S/C19H17ClN4O2/c1-12-3-5-13(6-4-12)22-18(25)16-9-10-21-19(24-16)23-14-7-8-17(26-2)15(20)11-14/h3-11H,1-2H3,(H,22,25)(H,21,23,24). The van der Waals surface area contributed by atoms with Gasteiger partial charge < -0.3 is 15.4 Å². The van der Waals surface area contributed by atoms with Gasteiger partial charge in [0.15, 0.2) is 0 Å². The van der Waals surface area contributed by atoms with Crippen molar-refractivity contribution in [2.45, 2.75) is 6.92 Å². The molecular formula is C19H17ClN4O2. The van der Waals surface area contributed by atoms with E-state index in [0.29, 0.717) is 28.1 Å². The molecular weight excluding hydrogens is 352 g/mol. The zero-order valence-corrected chi connectivity index (χ0v) is 15.0. The van der Waals surface area contributed by atoms with Crippen molar-refractivity contribution in [2.24, 2.45) is 0 Å². The zero-order valence-electron chi connectivity index (χ0n) is 14.3. The third kappa shape index (κ3) is 4.29. The number of hydrogen-bond acceptors (Lipinski definition) is 5. The summed E-state index contributed by atoms with van der Waals surface area (Å²) in [5.41, 5.74) is 2.76. The number of anilines is 3. The molecule has 0 unspecified atom stereocenters. The van der Waals surface area contributed by atoms with E-state index in [1.807, 2.05) is 31.2 Å². The molecule has 2 aromatic carbocycles. The summed E-state index contributed by atoms with van der Waals surface area (Å²) >= 11 is 6.11. The van der Waals surface area contributed by atoms with Crippen LogP contribution in [0.3, 0.4) is 0 Å². The lowest BCUT2D eigenvalue weighted by molar-refractivity contribution is 0.102. The van der Waals surface area contributed by atoms with Crippen LogP contribution in [0.4, 0.5) is 17.3 Å². The van der Waals surface area contributed by atoms with Crippen molar-refractivity contribution in [3.8, 4) is 5.75 Å². The lowest BCUT2D eigenvalue weighted by Gasteiger charge is -2.09. The number of rotatable bonds is 5. The SMILES string of the molecule is COc1ccc(Nc2nccc(C(=O)Nc3ccc(C)cc3)n2)cc1Cl. The maximum absolute atomic E-state index is 12.4. The van der Waals surface area contributed by atoms with Crippen LogP contribution in [0.5, 0.6) is 5.75 Å². The Bertz CT molecular complexity index is 929. The number of nitrogens with one attached hydrogen (secondary N) is 2. The predicted molar refractivity (Wildman–Crippen MR) is 102 cm³/mol. The number of carbonyl (C=O) groups is 1. The van der Waals surface area contributed by atoms with Crippen LogP contribution in [0.15, 0.2) is 54.7 Å². The van der Waals surface area contributed by atoms with Gasteiger partial charge in [-0.05, 0) is 43.3 Å². The maximum Gasteiger partial charge on any atom is 0.274 e. The molecule has 0 saturated heterocycles. The van der Waals surface area contributed by atoms with E-state index in [1.165, 1.54) is 6.20 Å². The van der Waals surface area contributed by atoms with Gasteiger partial charge in [0.2, 0.25) is 5.95 Å². The van der Waals surface area contributed by atoms with E-state index in [0.717, 1.165) is 5.56 Å². The first-order valence-electron chi connectivity index (χ1n) is 7.87. The van der Waals surface area contributed by atoms with Gasteiger partial charge in [-0.2, -0.15) is 0 Å². The van der Waals surface area contributed by atoms with Gasteiger partial charge in [0.25, 0.3) is 5.91 Å². The molecule has 26 heavy (non-hydrogen) atoms. The van der Waals surface area contributed by atoms with Gasteiger partial charge in [0, 0.05) is 17.6 Å². The van der Waals surface area contributed by atoms with Crippen molar-refractivity contribution < 1.29 is 9.53 Å². The van der Waals surface area contributed by atoms with E-state index in [2.05, 4.69) is 20.6 Å². The van der Waals surface area contributed by atoms with E-state index >= 15 is 0 Å². The molecule has 3 rings (SSSR count). The number of benzene rings is 2. The highest BCUT2D eigenvalue weighted by atomic mass is 35.5. The Kier molecular flexibility index (Phi) is 5.34. The summed E-state index contributed by atoms with van der Waals surface area (Å²) in [6.45, 7) is 1.99.